The average Bonchev–Trinajstić information content (AvgIpc) is 2.46. The highest BCUT2D eigenvalue weighted by molar-refractivity contribution is 9.10. The molecule has 3 nitrogen and oxygen atoms in total. The first-order valence-electron chi connectivity index (χ1n) is 6.37. The lowest BCUT2D eigenvalue weighted by Gasteiger charge is -2.08. The Morgan fingerprint density at radius 3 is 2.38 bits per heavy atom. The van der Waals surface area contributed by atoms with E-state index < -0.39 is 0 Å². The van der Waals surface area contributed by atoms with Crippen LogP contribution in [0.1, 0.15) is 12.5 Å². The second-order valence-electron chi connectivity index (χ2n) is 4.47. The van der Waals surface area contributed by atoms with Crippen molar-refractivity contribution in [1.82, 2.24) is 15.0 Å². The fraction of sp³-hybridized carbons (Fsp3) is 0.133. The van der Waals surface area contributed by atoms with Crippen molar-refractivity contribution in [2.45, 2.75) is 13.3 Å². The summed E-state index contributed by atoms with van der Waals surface area (Å²) in [6.45, 7) is 1.96. The van der Waals surface area contributed by atoms with Gasteiger partial charge in [-0.3, -0.25) is 0 Å². The van der Waals surface area contributed by atoms with Gasteiger partial charge in [0, 0.05) is 15.4 Å². The molecule has 0 radical (unpaired) electrons. The fourth-order valence-electron chi connectivity index (χ4n) is 2.08. The summed E-state index contributed by atoms with van der Waals surface area (Å²) >= 11 is 15.9. The number of hydrogen-bond donors (Lipinski definition) is 0. The van der Waals surface area contributed by atoms with Gasteiger partial charge >= 0.3 is 0 Å². The molecule has 0 atom stereocenters. The van der Waals surface area contributed by atoms with E-state index in [9.17, 15) is 0 Å². The van der Waals surface area contributed by atoms with Crippen LogP contribution in [-0.2, 0) is 6.42 Å². The van der Waals surface area contributed by atoms with E-state index in [0.717, 1.165) is 20.9 Å². The summed E-state index contributed by atoms with van der Waals surface area (Å²) in [5, 5.41) is 1.78. The summed E-state index contributed by atoms with van der Waals surface area (Å²) in [7, 11) is 0. The van der Waals surface area contributed by atoms with Crippen LogP contribution in [-0.4, -0.2) is 15.0 Å². The Hall–Kier alpha value is -1.23. The Kier molecular flexibility index (Phi) is 4.11. The van der Waals surface area contributed by atoms with Gasteiger partial charge in [0.2, 0.25) is 0 Å². The van der Waals surface area contributed by atoms with Gasteiger partial charge in [-0.2, -0.15) is 0 Å². The smallest absolute Gasteiger partial charge is 0.182 e. The van der Waals surface area contributed by atoms with E-state index >= 15 is 0 Å². The van der Waals surface area contributed by atoms with Crippen LogP contribution in [0.3, 0.4) is 0 Å². The quantitative estimate of drug-likeness (QED) is 0.562. The molecule has 0 amide bonds. The Balaban J connectivity index is 2.22. The number of rotatable bonds is 2. The van der Waals surface area contributed by atoms with E-state index in [-0.39, 0.29) is 0 Å². The van der Waals surface area contributed by atoms with Crippen LogP contribution in [0.25, 0.3) is 22.4 Å². The lowest BCUT2D eigenvalue weighted by Crippen LogP contribution is -1.99. The molecular formula is C15H10BrCl2N3. The monoisotopic (exact) mass is 381 g/mol. The van der Waals surface area contributed by atoms with Crippen molar-refractivity contribution >= 4 is 50.0 Å². The number of hydrogen-bond acceptors (Lipinski definition) is 3. The Morgan fingerprint density at radius 2 is 1.71 bits per heavy atom. The SMILES string of the molecule is CCc1c(Cl)nc(-c2nc3ccccc3cc2Br)nc1Cl. The van der Waals surface area contributed by atoms with Crippen molar-refractivity contribution in [2.75, 3.05) is 0 Å². The molecule has 6 heteroatoms. The first kappa shape index (κ1) is 14.7. The summed E-state index contributed by atoms with van der Waals surface area (Å²) in [5.41, 5.74) is 2.24. The minimum atomic E-state index is 0.370. The number of pyridine rings is 1. The van der Waals surface area contributed by atoms with Gasteiger partial charge in [-0.05, 0) is 34.5 Å². The molecule has 0 aliphatic carbocycles. The third-order valence-corrected chi connectivity index (χ3v) is 4.38. The largest absolute Gasteiger partial charge is 0.243 e. The Labute approximate surface area is 140 Å². The molecule has 0 aliphatic heterocycles. The summed E-state index contributed by atoms with van der Waals surface area (Å²) < 4.78 is 0.803. The number of para-hydroxylation sites is 1. The van der Waals surface area contributed by atoms with Crippen molar-refractivity contribution in [3.05, 3.63) is 50.7 Å². The molecule has 0 N–H and O–H groups in total. The van der Waals surface area contributed by atoms with Gasteiger partial charge in [0.15, 0.2) is 5.82 Å². The van der Waals surface area contributed by atoms with E-state index in [1.165, 1.54) is 0 Å². The van der Waals surface area contributed by atoms with E-state index in [2.05, 4.69) is 30.9 Å². The highest BCUT2D eigenvalue weighted by Gasteiger charge is 2.15. The van der Waals surface area contributed by atoms with Gasteiger partial charge < -0.3 is 0 Å². The second-order valence-corrected chi connectivity index (χ2v) is 6.04. The standard InChI is InChI=1S/C15H10BrCl2N3/c1-2-9-13(17)20-15(21-14(9)18)12-10(16)7-8-5-3-4-6-11(8)19-12/h3-7H,2H2,1H3. The second kappa shape index (κ2) is 5.87. The molecule has 0 fully saturated rings. The van der Waals surface area contributed by atoms with Crippen molar-refractivity contribution in [3.8, 4) is 11.5 Å². The number of aromatic nitrogens is 3. The molecule has 3 aromatic rings. The van der Waals surface area contributed by atoms with E-state index in [1.807, 2.05) is 37.3 Å². The maximum Gasteiger partial charge on any atom is 0.182 e. The van der Waals surface area contributed by atoms with E-state index in [4.69, 9.17) is 23.2 Å². The minimum absolute atomic E-state index is 0.370. The molecule has 0 spiro atoms. The first-order valence-corrected chi connectivity index (χ1v) is 7.92. The summed E-state index contributed by atoms with van der Waals surface area (Å²) in [5.74, 6) is 0.417. The van der Waals surface area contributed by atoms with Gasteiger partial charge in [-0.25, -0.2) is 15.0 Å². The third-order valence-electron chi connectivity index (χ3n) is 3.15. The zero-order chi connectivity index (χ0) is 15.0. The Morgan fingerprint density at radius 1 is 1.05 bits per heavy atom. The van der Waals surface area contributed by atoms with E-state index in [1.54, 1.807) is 0 Å². The summed E-state index contributed by atoms with van der Waals surface area (Å²) in [6.07, 6.45) is 0.685. The molecule has 21 heavy (non-hydrogen) atoms. The van der Waals surface area contributed by atoms with Crippen molar-refractivity contribution in [2.24, 2.45) is 0 Å². The zero-order valence-electron chi connectivity index (χ0n) is 11.1. The molecule has 0 unspecified atom stereocenters. The fourth-order valence-corrected chi connectivity index (χ4v) is 3.24. The maximum absolute atomic E-state index is 6.18. The van der Waals surface area contributed by atoms with Gasteiger partial charge in [-0.1, -0.05) is 48.3 Å². The van der Waals surface area contributed by atoms with Gasteiger partial charge in [-0.15, -0.1) is 0 Å². The molecule has 106 valence electrons. The predicted octanol–water partition coefficient (Wildman–Crippen LogP) is 5.32. The topological polar surface area (TPSA) is 38.7 Å². The third kappa shape index (κ3) is 2.76. The molecule has 0 saturated heterocycles. The van der Waals surface area contributed by atoms with Gasteiger partial charge in [0.25, 0.3) is 0 Å². The van der Waals surface area contributed by atoms with Crippen molar-refractivity contribution < 1.29 is 0 Å². The van der Waals surface area contributed by atoms with Crippen LogP contribution in [0.15, 0.2) is 34.8 Å². The van der Waals surface area contributed by atoms with Gasteiger partial charge in [0.05, 0.1) is 5.52 Å². The number of benzene rings is 1. The van der Waals surface area contributed by atoms with Crippen molar-refractivity contribution in [3.63, 3.8) is 0 Å². The first-order chi connectivity index (χ1) is 10.1. The lowest BCUT2D eigenvalue weighted by molar-refractivity contribution is 1.04. The molecule has 1 aromatic carbocycles. The summed E-state index contributed by atoms with van der Waals surface area (Å²) in [4.78, 5) is 13.2. The van der Waals surface area contributed by atoms with Crippen molar-refractivity contribution in [1.29, 1.82) is 0 Å². The van der Waals surface area contributed by atoms with Crippen LogP contribution >= 0.6 is 39.1 Å². The molecular weight excluding hydrogens is 373 g/mol. The van der Waals surface area contributed by atoms with E-state index in [0.29, 0.717) is 28.2 Å². The normalized spacial score (nSPS) is 11.0. The maximum atomic E-state index is 6.18. The molecule has 3 rings (SSSR count). The average molecular weight is 383 g/mol. The van der Waals surface area contributed by atoms with Gasteiger partial charge in [0.1, 0.15) is 16.0 Å². The number of nitrogens with zero attached hydrogens (tertiary/aromatic N) is 3. The highest BCUT2D eigenvalue weighted by Crippen LogP contribution is 2.31. The van der Waals surface area contributed by atoms with Crippen LogP contribution in [0.4, 0.5) is 0 Å². The number of fused-ring (bicyclic) bond motifs is 1. The molecule has 0 aliphatic rings. The van der Waals surface area contributed by atoms with Crippen LogP contribution < -0.4 is 0 Å². The number of halogens is 3. The minimum Gasteiger partial charge on any atom is -0.243 e. The highest BCUT2D eigenvalue weighted by atomic mass is 79.9. The zero-order valence-corrected chi connectivity index (χ0v) is 14.2. The summed E-state index contributed by atoms with van der Waals surface area (Å²) in [6, 6.07) is 9.83. The molecule has 0 bridgehead atoms. The lowest BCUT2D eigenvalue weighted by atomic mass is 10.2. The molecule has 2 aromatic heterocycles. The molecule has 2 heterocycles. The van der Waals surface area contributed by atoms with Crippen LogP contribution in [0.2, 0.25) is 10.3 Å². The van der Waals surface area contributed by atoms with Crippen LogP contribution in [0.5, 0.6) is 0 Å². The predicted molar refractivity (Wildman–Crippen MR) is 89.9 cm³/mol. The molecule has 0 saturated carbocycles. The Bertz CT molecular complexity index is 813. The van der Waals surface area contributed by atoms with Crippen LogP contribution in [0, 0.1) is 0 Å².